The molecule has 0 saturated carbocycles. The zero-order valence-electron chi connectivity index (χ0n) is 32.7. The third kappa shape index (κ3) is 7.72. The number of unbranched alkanes of at least 4 members (excludes halogenated alkanes) is 6. The van der Waals surface area contributed by atoms with E-state index in [9.17, 15) is 9.59 Å². The molecule has 52 heavy (non-hydrogen) atoms. The summed E-state index contributed by atoms with van der Waals surface area (Å²) in [6.45, 7) is 17.2. The first-order valence-electron chi connectivity index (χ1n) is 19.6. The minimum absolute atomic E-state index is 0.0198. The fourth-order valence-corrected chi connectivity index (χ4v) is 8.20. The Bertz CT molecular complexity index is 1940. The number of rotatable bonds is 15. The predicted octanol–water partition coefficient (Wildman–Crippen LogP) is 12.8. The summed E-state index contributed by atoms with van der Waals surface area (Å²) in [6.07, 6.45) is 10.7. The van der Waals surface area contributed by atoms with Crippen molar-refractivity contribution in [2.75, 3.05) is 0 Å². The number of hydrogen-bond acceptors (Lipinski definition) is 2. The van der Waals surface area contributed by atoms with Crippen molar-refractivity contribution in [3.63, 3.8) is 0 Å². The molecular weight excluding hydrogens is 637 g/mol. The SMILES string of the molecule is CCCCCCc1cc(-c2cc(CCCCCC)c(C(=O)c3cc4c(C)cc(C)cc(C)c-4c3)[nH]2)[nH]c1C(=O)c1cc2c(C)cc(C)cc(C)c-2c1. The Morgan fingerprint density at radius 3 is 1.08 bits per heavy atom. The summed E-state index contributed by atoms with van der Waals surface area (Å²) in [5.74, 6) is 0.0396. The van der Waals surface area contributed by atoms with E-state index in [-0.39, 0.29) is 11.6 Å². The molecule has 2 aromatic rings. The largest absolute Gasteiger partial charge is 0.350 e. The van der Waals surface area contributed by atoms with Gasteiger partial charge < -0.3 is 9.97 Å². The van der Waals surface area contributed by atoms with Crippen molar-refractivity contribution >= 4 is 11.6 Å². The number of H-pyrrole nitrogens is 2. The van der Waals surface area contributed by atoms with Crippen molar-refractivity contribution in [1.29, 1.82) is 0 Å². The van der Waals surface area contributed by atoms with E-state index >= 15 is 0 Å². The second-order valence-corrected chi connectivity index (χ2v) is 15.4. The fraction of sp³-hybridized carbons (Fsp3) is 0.375. The van der Waals surface area contributed by atoms with Gasteiger partial charge in [-0.15, -0.1) is 0 Å². The molecule has 2 heterocycles. The summed E-state index contributed by atoms with van der Waals surface area (Å²) < 4.78 is 0. The maximum absolute atomic E-state index is 14.4. The molecule has 0 atom stereocenters. The van der Waals surface area contributed by atoms with Crippen LogP contribution < -0.4 is 0 Å². The van der Waals surface area contributed by atoms with E-state index in [1.165, 1.54) is 46.2 Å². The summed E-state index contributed by atoms with van der Waals surface area (Å²) in [4.78, 5) is 35.9. The summed E-state index contributed by atoms with van der Waals surface area (Å²) in [5.41, 5.74) is 18.2. The molecule has 2 N–H and O–H groups in total. The molecule has 0 amide bonds. The van der Waals surface area contributed by atoms with Gasteiger partial charge in [0, 0.05) is 11.1 Å². The zero-order chi connectivity index (χ0) is 37.1. The van der Waals surface area contributed by atoms with Crippen LogP contribution in [0.25, 0.3) is 33.6 Å². The molecule has 0 aromatic carbocycles. The fourth-order valence-electron chi connectivity index (χ4n) is 8.20. The molecule has 4 aliphatic rings. The van der Waals surface area contributed by atoms with Crippen LogP contribution in [0.15, 0.2) is 60.7 Å². The van der Waals surface area contributed by atoms with Crippen LogP contribution in [0.1, 0.15) is 142 Å². The van der Waals surface area contributed by atoms with Crippen molar-refractivity contribution in [2.24, 2.45) is 0 Å². The van der Waals surface area contributed by atoms with Crippen LogP contribution in [0.4, 0.5) is 0 Å². The molecule has 0 unspecified atom stereocenters. The normalized spacial score (nSPS) is 11.6. The third-order valence-electron chi connectivity index (χ3n) is 10.9. The lowest BCUT2D eigenvalue weighted by Gasteiger charge is -2.03. The molecule has 0 saturated heterocycles. The summed E-state index contributed by atoms with van der Waals surface area (Å²) in [7, 11) is 0. The first kappa shape index (κ1) is 37.1. The van der Waals surface area contributed by atoms with Gasteiger partial charge in [-0.05, 0) is 159 Å². The number of aromatic nitrogens is 2. The minimum Gasteiger partial charge on any atom is -0.350 e. The van der Waals surface area contributed by atoms with Gasteiger partial charge in [-0.1, -0.05) is 87.8 Å². The lowest BCUT2D eigenvalue weighted by atomic mass is 10.0. The Kier molecular flexibility index (Phi) is 11.3. The number of fused-ring (bicyclic) bond motifs is 2. The van der Waals surface area contributed by atoms with Crippen LogP contribution in [0.5, 0.6) is 0 Å². The van der Waals surface area contributed by atoms with E-state index in [0.717, 1.165) is 96.1 Å². The molecular formula is C48H56N2O2. The van der Waals surface area contributed by atoms with E-state index < -0.39 is 0 Å². The van der Waals surface area contributed by atoms with E-state index in [4.69, 9.17) is 0 Å². The highest BCUT2D eigenvalue weighted by atomic mass is 16.1. The second kappa shape index (κ2) is 15.9. The average molecular weight is 693 g/mol. The van der Waals surface area contributed by atoms with E-state index in [0.29, 0.717) is 22.5 Å². The molecule has 6 rings (SSSR count). The van der Waals surface area contributed by atoms with Gasteiger partial charge in [0.25, 0.3) is 0 Å². The highest BCUT2D eigenvalue weighted by molar-refractivity contribution is 6.12. The van der Waals surface area contributed by atoms with Crippen LogP contribution >= 0.6 is 0 Å². The molecule has 4 nitrogen and oxygen atoms in total. The Labute approximate surface area is 311 Å². The van der Waals surface area contributed by atoms with Gasteiger partial charge in [0.2, 0.25) is 11.6 Å². The van der Waals surface area contributed by atoms with Gasteiger partial charge in [-0.3, -0.25) is 9.59 Å². The van der Waals surface area contributed by atoms with Crippen molar-refractivity contribution in [2.45, 2.75) is 120 Å². The van der Waals surface area contributed by atoms with E-state index in [1.807, 2.05) is 0 Å². The minimum atomic E-state index is 0.0198. The summed E-state index contributed by atoms with van der Waals surface area (Å²) >= 11 is 0. The molecule has 4 aliphatic carbocycles. The number of aromatic amines is 2. The molecule has 270 valence electrons. The lowest BCUT2D eigenvalue weighted by molar-refractivity contribution is 0.102. The van der Waals surface area contributed by atoms with Gasteiger partial charge in [0.15, 0.2) is 0 Å². The van der Waals surface area contributed by atoms with Crippen LogP contribution in [0.2, 0.25) is 0 Å². The quantitative estimate of drug-likeness (QED) is 0.0831. The van der Waals surface area contributed by atoms with Crippen molar-refractivity contribution in [3.8, 4) is 33.6 Å². The van der Waals surface area contributed by atoms with Crippen LogP contribution in [0.3, 0.4) is 0 Å². The number of nitrogens with one attached hydrogen (secondary N) is 2. The van der Waals surface area contributed by atoms with Gasteiger partial charge >= 0.3 is 0 Å². The van der Waals surface area contributed by atoms with Gasteiger partial charge in [-0.25, -0.2) is 0 Å². The first-order valence-corrected chi connectivity index (χ1v) is 19.6. The molecule has 0 fully saturated rings. The maximum Gasteiger partial charge on any atom is 0.209 e. The van der Waals surface area contributed by atoms with Crippen molar-refractivity contribution < 1.29 is 9.59 Å². The Morgan fingerprint density at radius 1 is 0.442 bits per heavy atom. The molecule has 0 bridgehead atoms. The van der Waals surface area contributed by atoms with E-state index in [1.54, 1.807) is 0 Å². The van der Waals surface area contributed by atoms with Crippen LogP contribution in [-0.2, 0) is 12.8 Å². The summed E-state index contributed by atoms with van der Waals surface area (Å²) in [6, 6.07) is 21.3. The first-order chi connectivity index (χ1) is 25.0. The monoisotopic (exact) mass is 692 g/mol. The van der Waals surface area contributed by atoms with Crippen molar-refractivity contribution in [1.82, 2.24) is 9.97 Å². The molecule has 2 aromatic heterocycles. The van der Waals surface area contributed by atoms with Gasteiger partial charge in [0.1, 0.15) is 0 Å². The third-order valence-corrected chi connectivity index (χ3v) is 10.9. The standard InChI is InChI=1S/C48H56N2O2/c1-9-11-13-15-17-35-27-43(49-45(35)47(51)37-23-39-31(5)19-29(3)20-32(6)40(39)24-37)44-28-36(18-16-14-12-10-2)46(50-44)48(52)38-25-41-33(7)21-30(4)22-34(8)42(41)26-38/h19-28,49-50H,9-18H2,1-8H3. The van der Waals surface area contributed by atoms with Crippen LogP contribution in [0, 0.1) is 41.5 Å². The molecule has 0 spiro atoms. The Morgan fingerprint density at radius 2 is 0.769 bits per heavy atom. The number of hydrogen-bond donors (Lipinski definition) is 2. The van der Waals surface area contributed by atoms with Crippen LogP contribution in [-0.4, -0.2) is 21.5 Å². The van der Waals surface area contributed by atoms with Gasteiger partial charge in [-0.2, -0.15) is 0 Å². The predicted molar refractivity (Wildman–Crippen MR) is 218 cm³/mol. The molecule has 4 heteroatoms. The summed E-state index contributed by atoms with van der Waals surface area (Å²) in [5, 5.41) is 0. The second-order valence-electron chi connectivity index (χ2n) is 15.4. The highest BCUT2D eigenvalue weighted by Gasteiger charge is 2.25. The Balaban J connectivity index is 1.41. The highest BCUT2D eigenvalue weighted by Crippen LogP contribution is 2.36. The number of ketones is 2. The molecule has 0 radical (unpaired) electrons. The number of carbonyl (C=O) groups is 2. The van der Waals surface area contributed by atoms with Gasteiger partial charge in [0.05, 0.1) is 22.8 Å². The number of aryl methyl sites for hydroxylation is 8. The topological polar surface area (TPSA) is 65.7 Å². The average Bonchev–Trinajstić information content (AvgIpc) is 3.90. The van der Waals surface area contributed by atoms with E-state index in [2.05, 4.69) is 126 Å². The molecule has 0 aliphatic heterocycles. The lowest BCUT2D eigenvalue weighted by Crippen LogP contribution is -2.04. The zero-order valence-corrected chi connectivity index (χ0v) is 32.7. The Hall–Kier alpha value is -4.70. The maximum atomic E-state index is 14.4. The van der Waals surface area contributed by atoms with Crippen molar-refractivity contribution in [3.05, 3.63) is 128 Å². The number of carbonyl (C=O) groups excluding carboxylic acids is 2. The smallest absolute Gasteiger partial charge is 0.209 e.